The van der Waals surface area contributed by atoms with Gasteiger partial charge in [-0.2, -0.15) is 0 Å². The van der Waals surface area contributed by atoms with E-state index in [1.807, 2.05) is 24.3 Å². The van der Waals surface area contributed by atoms with Crippen molar-refractivity contribution in [3.05, 3.63) is 63.7 Å². The lowest BCUT2D eigenvalue weighted by Gasteiger charge is -2.17. The first-order valence-corrected chi connectivity index (χ1v) is 7.96. The molecule has 1 aliphatic rings. The number of anilines is 2. The van der Waals surface area contributed by atoms with Gasteiger partial charge in [0.1, 0.15) is 0 Å². The summed E-state index contributed by atoms with van der Waals surface area (Å²) in [4.78, 5) is 25.1. The Kier molecular flexibility index (Phi) is 4.46. The highest BCUT2D eigenvalue weighted by molar-refractivity contribution is 6.04. The number of hydrogen-bond acceptors (Lipinski definition) is 4. The molecule has 2 aromatic carbocycles. The van der Waals surface area contributed by atoms with Crippen molar-refractivity contribution in [2.24, 2.45) is 0 Å². The maximum absolute atomic E-state index is 12.3. The van der Waals surface area contributed by atoms with E-state index < -0.39 is 4.92 Å². The molecule has 0 bridgehead atoms. The molecule has 24 heavy (non-hydrogen) atoms. The molecule has 6 heteroatoms. The minimum Gasteiger partial charge on any atom is -0.372 e. The number of carbonyl (C=O) groups excluding carboxylic acids is 1. The van der Waals surface area contributed by atoms with Crippen molar-refractivity contribution in [2.75, 3.05) is 23.3 Å². The van der Waals surface area contributed by atoms with Gasteiger partial charge in [0.05, 0.1) is 4.92 Å². The molecule has 0 aromatic heterocycles. The van der Waals surface area contributed by atoms with Crippen LogP contribution in [0.4, 0.5) is 17.1 Å². The normalized spacial score (nSPS) is 13.8. The Labute approximate surface area is 140 Å². The van der Waals surface area contributed by atoms with Gasteiger partial charge in [-0.3, -0.25) is 14.9 Å². The molecule has 0 aliphatic carbocycles. The van der Waals surface area contributed by atoms with Crippen LogP contribution in [0.1, 0.15) is 28.8 Å². The average Bonchev–Trinajstić information content (AvgIpc) is 3.10. The lowest BCUT2D eigenvalue weighted by atomic mass is 10.1. The monoisotopic (exact) mass is 325 g/mol. The number of nitrogens with zero attached hydrogens (tertiary/aromatic N) is 2. The Morgan fingerprint density at radius 2 is 1.79 bits per heavy atom. The zero-order chi connectivity index (χ0) is 17.1. The molecular formula is C18H19N3O3. The molecule has 1 fully saturated rings. The van der Waals surface area contributed by atoms with Gasteiger partial charge in [-0.25, -0.2) is 0 Å². The Bertz CT molecular complexity index is 766. The first-order chi connectivity index (χ1) is 11.5. The second-order valence-electron chi connectivity index (χ2n) is 5.95. The summed E-state index contributed by atoms with van der Waals surface area (Å²) in [7, 11) is 0. The van der Waals surface area contributed by atoms with Gasteiger partial charge in [0.15, 0.2) is 0 Å². The molecule has 3 rings (SSSR count). The maximum atomic E-state index is 12.3. The second kappa shape index (κ2) is 6.70. The average molecular weight is 325 g/mol. The summed E-state index contributed by atoms with van der Waals surface area (Å²) in [5.41, 5.74) is 2.58. The van der Waals surface area contributed by atoms with Crippen LogP contribution in [0.25, 0.3) is 0 Å². The van der Waals surface area contributed by atoms with Crippen LogP contribution < -0.4 is 10.2 Å². The van der Waals surface area contributed by atoms with Gasteiger partial charge < -0.3 is 10.2 Å². The molecule has 2 aromatic rings. The summed E-state index contributed by atoms with van der Waals surface area (Å²) >= 11 is 0. The van der Waals surface area contributed by atoms with Crippen molar-refractivity contribution >= 4 is 23.0 Å². The van der Waals surface area contributed by atoms with Gasteiger partial charge in [-0.05, 0) is 50.1 Å². The highest BCUT2D eigenvalue weighted by Crippen LogP contribution is 2.23. The van der Waals surface area contributed by atoms with Gasteiger partial charge in [0.2, 0.25) is 0 Å². The highest BCUT2D eigenvalue weighted by Gasteiger charge is 2.16. The van der Waals surface area contributed by atoms with E-state index in [-0.39, 0.29) is 17.2 Å². The van der Waals surface area contributed by atoms with Crippen LogP contribution in [0.3, 0.4) is 0 Å². The van der Waals surface area contributed by atoms with E-state index in [4.69, 9.17) is 0 Å². The standard InChI is InChI=1S/C18H19N3O3/c1-13-4-5-14(12-17(13)21(23)24)18(22)19-15-6-8-16(9-7-15)20-10-2-3-11-20/h4-9,12H,2-3,10-11H2,1H3,(H,19,22). The predicted molar refractivity (Wildman–Crippen MR) is 93.7 cm³/mol. The Morgan fingerprint density at radius 1 is 1.12 bits per heavy atom. The first-order valence-electron chi connectivity index (χ1n) is 7.96. The topological polar surface area (TPSA) is 75.5 Å². The minimum atomic E-state index is -0.475. The Hall–Kier alpha value is -2.89. The van der Waals surface area contributed by atoms with Crippen LogP contribution in [0, 0.1) is 17.0 Å². The van der Waals surface area contributed by atoms with Crippen molar-refractivity contribution < 1.29 is 9.72 Å². The van der Waals surface area contributed by atoms with Gasteiger partial charge >= 0.3 is 0 Å². The van der Waals surface area contributed by atoms with Crippen LogP contribution in [-0.2, 0) is 0 Å². The van der Waals surface area contributed by atoms with Crippen LogP contribution in [-0.4, -0.2) is 23.9 Å². The van der Waals surface area contributed by atoms with E-state index >= 15 is 0 Å². The minimum absolute atomic E-state index is 0.0490. The third-order valence-corrected chi connectivity index (χ3v) is 4.26. The van der Waals surface area contributed by atoms with E-state index in [0.717, 1.165) is 18.8 Å². The molecule has 1 aliphatic heterocycles. The van der Waals surface area contributed by atoms with E-state index in [0.29, 0.717) is 11.3 Å². The van der Waals surface area contributed by atoms with Crippen LogP contribution in [0.5, 0.6) is 0 Å². The van der Waals surface area contributed by atoms with E-state index in [2.05, 4.69) is 10.2 Å². The second-order valence-corrected chi connectivity index (χ2v) is 5.95. The fourth-order valence-corrected chi connectivity index (χ4v) is 2.88. The summed E-state index contributed by atoms with van der Waals surface area (Å²) in [5, 5.41) is 13.8. The molecule has 6 nitrogen and oxygen atoms in total. The molecule has 0 unspecified atom stereocenters. The van der Waals surface area contributed by atoms with Crippen LogP contribution in [0.2, 0.25) is 0 Å². The number of aryl methyl sites for hydroxylation is 1. The molecule has 0 saturated carbocycles. The number of hydrogen-bond donors (Lipinski definition) is 1. The van der Waals surface area contributed by atoms with E-state index in [9.17, 15) is 14.9 Å². The van der Waals surface area contributed by atoms with Crippen molar-refractivity contribution in [1.82, 2.24) is 0 Å². The molecule has 0 atom stereocenters. The SMILES string of the molecule is Cc1ccc(C(=O)Nc2ccc(N3CCCC3)cc2)cc1[N+](=O)[O-]. The van der Waals surface area contributed by atoms with Gasteiger partial charge in [-0.1, -0.05) is 6.07 Å². The summed E-state index contributed by atoms with van der Waals surface area (Å²) in [5.74, 6) is -0.355. The first kappa shape index (κ1) is 16.0. The number of carbonyl (C=O) groups is 1. The maximum Gasteiger partial charge on any atom is 0.273 e. The molecule has 0 radical (unpaired) electrons. The molecule has 1 saturated heterocycles. The fourth-order valence-electron chi connectivity index (χ4n) is 2.88. The molecule has 1 amide bonds. The van der Waals surface area contributed by atoms with E-state index in [1.54, 1.807) is 19.1 Å². The zero-order valence-electron chi connectivity index (χ0n) is 13.5. The van der Waals surface area contributed by atoms with Crippen molar-refractivity contribution in [2.45, 2.75) is 19.8 Å². The molecule has 124 valence electrons. The van der Waals surface area contributed by atoms with Crippen molar-refractivity contribution in [3.63, 3.8) is 0 Å². The molecule has 0 spiro atoms. The third-order valence-electron chi connectivity index (χ3n) is 4.26. The van der Waals surface area contributed by atoms with Crippen LogP contribution >= 0.6 is 0 Å². The summed E-state index contributed by atoms with van der Waals surface area (Å²) in [6.07, 6.45) is 2.43. The number of nitro benzene ring substituents is 1. The molecular weight excluding hydrogens is 306 g/mol. The Balaban J connectivity index is 1.72. The van der Waals surface area contributed by atoms with Gasteiger partial charge in [-0.15, -0.1) is 0 Å². The number of nitro groups is 1. The lowest BCUT2D eigenvalue weighted by Crippen LogP contribution is -2.17. The highest BCUT2D eigenvalue weighted by atomic mass is 16.6. The van der Waals surface area contributed by atoms with Crippen LogP contribution in [0.15, 0.2) is 42.5 Å². The van der Waals surface area contributed by atoms with Gasteiger partial charge in [0.25, 0.3) is 11.6 Å². The third kappa shape index (κ3) is 3.37. The fraction of sp³-hybridized carbons (Fsp3) is 0.278. The number of nitrogens with one attached hydrogen (secondary N) is 1. The molecule has 1 heterocycles. The largest absolute Gasteiger partial charge is 0.372 e. The summed E-state index contributed by atoms with van der Waals surface area (Å²) in [6.45, 7) is 3.79. The predicted octanol–water partition coefficient (Wildman–Crippen LogP) is 3.76. The van der Waals surface area contributed by atoms with E-state index in [1.165, 1.54) is 18.9 Å². The number of benzene rings is 2. The zero-order valence-corrected chi connectivity index (χ0v) is 13.5. The summed E-state index contributed by atoms with van der Waals surface area (Å²) in [6, 6.07) is 12.2. The quantitative estimate of drug-likeness (QED) is 0.686. The van der Waals surface area contributed by atoms with Crippen molar-refractivity contribution in [1.29, 1.82) is 0 Å². The summed E-state index contributed by atoms with van der Waals surface area (Å²) < 4.78 is 0. The Morgan fingerprint density at radius 3 is 2.42 bits per heavy atom. The lowest BCUT2D eigenvalue weighted by molar-refractivity contribution is -0.385. The van der Waals surface area contributed by atoms with Gasteiger partial charge in [0, 0.05) is 41.7 Å². The smallest absolute Gasteiger partial charge is 0.273 e. The molecule has 1 N–H and O–H groups in total. The number of rotatable bonds is 4. The van der Waals surface area contributed by atoms with Crippen molar-refractivity contribution in [3.8, 4) is 0 Å². The number of amides is 1.